The molecule has 1 aliphatic heterocycles. The zero-order valence-electron chi connectivity index (χ0n) is 21.8. The Morgan fingerprint density at radius 2 is 1.63 bits per heavy atom. The van der Waals surface area contributed by atoms with Gasteiger partial charge in [-0.1, -0.05) is 30.3 Å². The SMILES string of the molecule is COc1cc(-c2ccc3c(c2)Nc2ccc(-c4nc5ccccc5cc4CC(N)=O)cc2NC3=O)ccc1[N+](=O)[O-]. The standard InChI is InChI=1S/C31H23N5O5/c1-41-28-15-18(8-11-27(28)36(39)40)17-6-9-22-25(13-17)33-24-10-7-20(14-26(24)35-31(22)38)30-21(16-29(32)37)12-19-4-2-3-5-23(19)34-30/h2-15,33H,16H2,1H3,(H2,32,37)(H,35,38). The lowest BCUT2D eigenvalue weighted by Gasteiger charge is -2.14. The van der Waals surface area contributed by atoms with Gasteiger partial charge < -0.3 is 21.1 Å². The van der Waals surface area contributed by atoms with Gasteiger partial charge in [0.05, 0.1) is 52.3 Å². The Labute approximate surface area is 233 Å². The number of ether oxygens (including phenoxy) is 1. The third-order valence-corrected chi connectivity index (χ3v) is 6.95. The van der Waals surface area contributed by atoms with Gasteiger partial charge in [-0.25, -0.2) is 4.98 Å². The van der Waals surface area contributed by atoms with Crippen LogP contribution < -0.4 is 21.1 Å². The number of nitrogens with zero attached hydrogens (tertiary/aromatic N) is 2. The largest absolute Gasteiger partial charge is 0.490 e. The van der Waals surface area contributed by atoms with Crippen molar-refractivity contribution in [3.05, 3.63) is 106 Å². The molecule has 0 radical (unpaired) electrons. The van der Waals surface area contributed by atoms with Crippen molar-refractivity contribution < 1.29 is 19.2 Å². The maximum Gasteiger partial charge on any atom is 0.310 e. The highest BCUT2D eigenvalue weighted by Gasteiger charge is 2.22. The second-order valence-electron chi connectivity index (χ2n) is 9.58. The number of nitrogens with two attached hydrogens (primary N) is 1. The van der Waals surface area contributed by atoms with E-state index in [1.165, 1.54) is 13.2 Å². The van der Waals surface area contributed by atoms with Crippen molar-refractivity contribution in [3.8, 4) is 28.1 Å². The van der Waals surface area contributed by atoms with Crippen LogP contribution in [0, 0.1) is 10.1 Å². The quantitative estimate of drug-likeness (QED) is 0.180. The molecular formula is C31H23N5O5. The Hall–Kier alpha value is -5.77. The lowest BCUT2D eigenvalue weighted by Crippen LogP contribution is -2.15. The number of anilines is 3. The summed E-state index contributed by atoms with van der Waals surface area (Å²) in [5.74, 6) is -0.631. The molecule has 0 spiro atoms. The van der Waals surface area contributed by atoms with E-state index in [0.29, 0.717) is 39.4 Å². The number of pyridine rings is 1. The molecule has 5 aromatic rings. The molecule has 202 valence electrons. The molecule has 4 aromatic carbocycles. The number of carbonyl (C=O) groups is 2. The van der Waals surface area contributed by atoms with Crippen LogP contribution >= 0.6 is 0 Å². The van der Waals surface area contributed by atoms with E-state index in [1.807, 2.05) is 54.6 Å². The van der Waals surface area contributed by atoms with Crippen molar-refractivity contribution in [2.45, 2.75) is 6.42 Å². The van der Waals surface area contributed by atoms with Crippen LogP contribution in [0.5, 0.6) is 5.75 Å². The number of hydrogen-bond donors (Lipinski definition) is 3. The van der Waals surface area contributed by atoms with Crippen molar-refractivity contribution in [3.63, 3.8) is 0 Å². The molecule has 1 aliphatic rings. The summed E-state index contributed by atoms with van der Waals surface area (Å²) in [6.45, 7) is 0. The van der Waals surface area contributed by atoms with Gasteiger partial charge in [-0.3, -0.25) is 19.7 Å². The van der Waals surface area contributed by atoms with E-state index in [9.17, 15) is 19.7 Å². The van der Waals surface area contributed by atoms with Gasteiger partial charge in [-0.2, -0.15) is 0 Å². The van der Waals surface area contributed by atoms with Crippen LogP contribution in [0.15, 0.2) is 84.9 Å². The number of primary amides is 1. The van der Waals surface area contributed by atoms with Crippen LogP contribution in [0.4, 0.5) is 22.7 Å². The smallest absolute Gasteiger partial charge is 0.310 e. The van der Waals surface area contributed by atoms with Crippen LogP contribution in [0.1, 0.15) is 15.9 Å². The van der Waals surface area contributed by atoms with Crippen molar-refractivity contribution in [1.29, 1.82) is 0 Å². The van der Waals surface area contributed by atoms with E-state index in [1.54, 1.807) is 24.3 Å². The number of benzene rings is 4. The summed E-state index contributed by atoms with van der Waals surface area (Å²) in [7, 11) is 1.38. The molecule has 0 fully saturated rings. The number of aromatic nitrogens is 1. The van der Waals surface area contributed by atoms with Crippen LogP contribution in [0.25, 0.3) is 33.3 Å². The predicted octanol–water partition coefficient (Wildman–Crippen LogP) is 5.82. The van der Waals surface area contributed by atoms with Gasteiger partial charge in [-0.15, -0.1) is 0 Å². The van der Waals surface area contributed by atoms with Gasteiger partial charge in [0, 0.05) is 17.0 Å². The first kappa shape index (κ1) is 25.5. The molecule has 0 atom stereocenters. The first-order valence-electron chi connectivity index (χ1n) is 12.7. The fourth-order valence-corrected chi connectivity index (χ4v) is 5.00. The zero-order chi connectivity index (χ0) is 28.7. The van der Waals surface area contributed by atoms with E-state index in [4.69, 9.17) is 15.5 Å². The maximum absolute atomic E-state index is 13.2. The van der Waals surface area contributed by atoms with Crippen molar-refractivity contribution in [1.82, 2.24) is 4.98 Å². The average molecular weight is 546 g/mol. The number of nitrogens with one attached hydrogen (secondary N) is 2. The summed E-state index contributed by atoms with van der Waals surface area (Å²) in [5.41, 5.74) is 11.8. The normalized spacial score (nSPS) is 12.0. The topological polar surface area (TPSA) is 149 Å². The minimum atomic E-state index is -0.499. The fraction of sp³-hybridized carbons (Fsp3) is 0.0645. The number of nitro groups is 1. The number of methoxy groups -OCH3 is 1. The number of nitro benzene ring substituents is 1. The van der Waals surface area contributed by atoms with Gasteiger partial charge >= 0.3 is 5.69 Å². The summed E-state index contributed by atoms with van der Waals surface area (Å²) in [6, 6.07) is 25.0. The molecule has 4 N–H and O–H groups in total. The lowest BCUT2D eigenvalue weighted by molar-refractivity contribution is -0.385. The molecule has 10 nitrogen and oxygen atoms in total. The molecule has 0 aliphatic carbocycles. The van der Waals surface area contributed by atoms with Gasteiger partial charge in [0.25, 0.3) is 5.91 Å². The molecule has 0 unspecified atom stereocenters. The van der Waals surface area contributed by atoms with Crippen molar-refractivity contribution in [2.24, 2.45) is 5.73 Å². The predicted molar refractivity (Wildman–Crippen MR) is 156 cm³/mol. The highest BCUT2D eigenvalue weighted by molar-refractivity contribution is 6.13. The number of para-hydroxylation sites is 1. The molecule has 1 aromatic heterocycles. The first-order chi connectivity index (χ1) is 19.8. The van der Waals surface area contributed by atoms with E-state index >= 15 is 0 Å². The highest BCUT2D eigenvalue weighted by atomic mass is 16.6. The third kappa shape index (κ3) is 4.78. The molecular weight excluding hydrogens is 522 g/mol. The first-order valence-corrected chi connectivity index (χ1v) is 12.7. The van der Waals surface area contributed by atoms with Crippen LogP contribution in [0.3, 0.4) is 0 Å². The Bertz CT molecular complexity index is 1900. The van der Waals surface area contributed by atoms with Crippen LogP contribution in [-0.2, 0) is 11.2 Å². The summed E-state index contributed by atoms with van der Waals surface area (Å²) in [4.78, 5) is 40.7. The molecule has 2 heterocycles. The van der Waals surface area contributed by atoms with Crippen LogP contribution in [-0.4, -0.2) is 28.8 Å². The monoisotopic (exact) mass is 545 g/mol. The molecule has 0 bridgehead atoms. The Kier molecular flexibility index (Phi) is 6.27. The highest BCUT2D eigenvalue weighted by Crippen LogP contribution is 2.39. The average Bonchev–Trinajstić information content (AvgIpc) is 3.10. The Morgan fingerprint density at radius 1 is 0.902 bits per heavy atom. The second-order valence-corrected chi connectivity index (χ2v) is 9.58. The fourth-order valence-electron chi connectivity index (χ4n) is 5.00. The minimum Gasteiger partial charge on any atom is -0.490 e. The van der Waals surface area contributed by atoms with E-state index in [-0.39, 0.29) is 23.8 Å². The number of rotatable bonds is 6. The van der Waals surface area contributed by atoms with Crippen molar-refractivity contribution >= 4 is 45.5 Å². The molecule has 0 saturated carbocycles. The van der Waals surface area contributed by atoms with Gasteiger partial charge in [0.2, 0.25) is 5.91 Å². The molecule has 0 saturated heterocycles. The molecule has 2 amide bonds. The minimum absolute atomic E-state index is 0.0243. The lowest BCUT2D eigenvalue weighted by atomic mass is 10.00. The number of hydrogen-bond acceptors (Lipinski definition) is 7. The van der Waals surface area contributed by atoms with Crippen molar-refractivity contribution in [2.75, 3.05) is 17.7 Å². The van der Waals surface area contributed by atoms with E-state index in [2.05, 4.69) is 10.6 Å². The number of fused-ring (bicyclic) bond motifs is 3. The molecule has 6 rings (SSSR count). The summed E-state index contributed by atoms with van der Waals surface area (Å²) < 4.78 is 5.21. The third-order valence-electron chi connectivity index (χ3n) is 6.95. The summed E-state index contributed by atoms with van der Waals surface area (Å²) in [5, 5.41) is 18.5. The van der Waals surface area contributed by atoms with E-state index < -0.39 is 10.8 Å². The second kappa shape index (κ2) is 10.1. The Balaban J connectivity index is 1.39. The number of amides is 2. The van der Waals surface area contributed by atoms with Crippen LogP contribution in [0.2, 0.25) is 0 Å². The number of carbonyl (C=O) groups excluding carboxylic acids is 2. The summed E-state index contributed by atoms with van der Waals surface area (Å²) >= 11 is 0. The van der Waals surface area contributed by atoms with Gasteiger partial charge in [-0.05, 0) is 65.2 Å². The van der Waals surface area contributed by atoms with Gasteiger partial charge in [0.15, 0.2) is 5.75 Å². The zero-order valence-corrected chi connectivity index (χ0v) is 21.8. The van der Waals surface area contributed by atoms with Gasteiger partial charge in [0.1, 0.15) is 0 Å². The summed E-state index contributed by atoms with van der Waals surface area (Å²) in [6.07, 6.45) is 0.0243. The maximum atomic E-state index is 13.2. The molecule has 41 heavy (non-hydrogen) atoms. The molecule has 10 heteroatoms. The van der Waals surface area contributed by atoms with E-state index in [0.717, 1.165) is 22.0 Å². The Morgan fingerprint density at radius 3 is 2.41 bits per heavy atom.